The second kappa shape index (κ2) is 7.45. The molecule has 24 heavy (non-hydrogen) atoms. The third-order valence-electron chi connectivity index (χ3n) is 3.99. The van der Waals surface area contributed by atoms with Gasteiger partial charge in [-0.15, -0.1) is 0 Å². The summed E-state index contributed by atoms with van der Waals surface area (Å²) in [6.45, 7) is 1.82. The molecule has 2 amide bonds. The van der Waals surface area contributed by atoms with E-state index in [1.807, 2.05) is 18.2 Å². The van der Waals surface area contributed by atoms with Crippen molar-refractivity contribution in [2.75, 3.05) is 13.1 Å². The van der Waals surface area contributed by atoms with Gasteiger partial charge < -0.3 is 10.2 Å². The van der Waals surface area contributed by atoms with E-state index in [1.54, 1.807) is 29.2 Å². The maximum atomic E-state index is 12.4. The molecular weight excluding hydrogens is 326 g/mol. The van der Waals surface area contributed by atoms with Gasteiger partial charge in [0.2, 0.25) is 0 Å². The van der Waals surface area contributed by atoms with E-state index >= 15 is 0 Å². The van der Waals surface area contributed by atoms with E-state index in [0.29, 0.717) is 17.3 Å². The van der Waals surface area contributed by atoms with Crippen LogP contribution in [0.5, 0.6) is 0 Å². The minimum atomic E-state index is -0.328. The Bertz CT molecular complexity index is 757. The van der Waals surface area contributed by atoms with Crippen molar-refractivity contribution in [2.24, 2.45) is 0 Å². The molecule has 2 aromatic rings. The van der Waals surface area contributed by atoms with Crippen molar-refractivity contribution in [2.45, 2.75) is 19.4 Å². The zero-order valence-corrected chi connectivity index (χ0v) is 13.9. The van der Waals surface area contributed by atoms with Crippen LogP contribution in [0.15, 0.2) is 42.5 Å². The van der Waals surface area contributed by atoms with Gasteiger partial charge in [0, 0.05) is 24.7 Å². The molecule has 0 atom stereocenters. The molecule has 1 aromatic carbocycles. The van der Waals surface area contributed by atoms with Crippen molar-refractivity contribution in [1.29, 1.82) is 0 Å². The Morgan fingerprint density at radius 1 is 1.04 bits per heavy atom. The predicted octanol–water partition coefficient (Wildman–Crippen LogP) is 2.90. The summed E-state index contributed by atoms with van der Waals surface area (Å²) in [5, 5.41) is 3.38. The van der Waals surface area contributed by atoms with Crippen molar-refractivity contribution >= 4 is 23.4 Å². The first kappa shape index (κ1) is 16.5. The second-order valence-electron chi connectivity index (χ2n) is 5.68. The lowest BCUT2D eigenvalue weighted by atomic mass is 10.2. The zero-order chi connectivity index (χ0) is 16.9. The third kappa shape index (κ3) is 3.74. The number of aromatic nitrogens is 1. The summed E-state index contributed by atoms with van der Waals surface area (Å²) in [5.41, 5.74) is 1.37. The van der Waals surface area contributed by atoms with Gasteiger partial charge in [-0.25, -0.2) is 4.98 Å². The van der Waals surface area contributed by atoms with Crippen molar-refractivity contribution in [3.8, 4) is 0 Å². The molecule has 0 radical (unpaired) electrons. The van der Waals surface area contributed by atoms with Gasteiger partial charge >= 0.3 is 0 Å². The molecule has 0 spiro atoms. The minimum absolute atomic E-state index is 0.117. The van der Waals surface area contributed by atoms with Gasteiger partial charge in [-0.05, 0) is 36.6 Å². The summed E-state index contributed by atoms with van der Waals surface area (Å²) in [6.07, 6.45) is 2.04. The first-order chi connectivity index (χ1) is 11.6. The Kier molecular flexibility index (Phi) is 5.11. The Hall–Kier alpha value is -2.40. The number of likely N-dealkylation sites (tertiary alicyclic amines) is 1. The molecule has 0 unspecified atom stereocenters. The van der Waals surface area contributed by atoms with Gasteiger partial charge in [0.15, 0.2) is 0 Å². The van der Waals surface area contributed by atoms with Crippen LogP contribution >= 0.6 is 11.6 Å². The van der Waals surface area contributed by atoms with Crippen LogP contribution in [0.3, 0.4) is 0 Å². The number of carbonyl (C=O) groups is 2. The number of carbonyl (C=O) groups excluding carboxylic acids is 2. The van der Waals surface area contributed by atoms with E-state index in [4.69, 9.17) is 11.6 Å². The molecule has 2 heterocycles. The maximum Gasteiger partial charge on any atom is 0.272 e. The van der Waals surface area contributed by atoms with Crippen LogP contribution in [0.2, 0.25) is 5.02 Å². The van der Waals surface area contributed by atoms with Crippen molar-refractivity contribution in [1.82, 2.24) is 15.2 Å². The number of benzene rings is 1. The number of nitrogens with one attached hydrogen (secondary N) is 1. The van der Waals surface area contributed by atoms with Gasteiger partial charge in [-0.3, -0.25) is 9.59 Å². The highest BCUT2D eigenvalue weighted by Crippen LogP contribution is 2.15. The molecule has 5 nitrogen and oxygen atoms in total. The molecule has 1 aliphatic heterocycles. The standard InChI is InChI=1S/C18H18ClN3O2/c19-14-7-2-1-6-13(14)12-20-17(23)15-8-5-9-16(21-15)18(24)22-10-3-4-11-22/h1-2,5-9H,3-4,10-12H2,(H,20,23). The molecule has 1 fully saturated rings. The molecule has 1 saturated heterocycles. The summed E-state index contributed by atoms with van der Waals surface area (Å²) in [5.74, 6) is -0.445. The number of hydrogen-bond acceptors (Lipinski definition) is 3. The first-order valence-corrected chi connectivity index (χ1v) is 8.31. The van der Waals surface area contributed by atoms with E-state index in [0.717, 1.165) is 31.5 Å². The molecule has 1 N–H and O–H groups in total. The fraction of sp³-hybridized carbons (Fsp3) is 0.278. The van der Waals surface area contributed by atoms with Crippen molar-refractivity contribution < 1.29 is 9.59 Å². The molecule has 0 aliphatic carbocycles. The SMILES string of the molecule is O=C(NCc1ccccc1Cl)c1cccc(C(=O)N2CCCC2)n1. The lowest BCUT2D eigenvalue weighted by Gasteiger charge is -2.14. The Morgan fingerprint density at radius 2 is 1.75 bits per heavy atom. The molecule has 0 bridgehead atoms. The van der Waals surface area contributed by atoms with Gasteiger partial charge in [-0.1, -0.05) is 35.9 Å². The minimum Gasteiger partial charge on any atom is -0.347 e. The normalized spacial score (nSPS) is 13.8. The number of halogens is 1. The fourth-order valence-corrected chi connectivity index (χ4v) is 2.87. The van der Waals surface area contributed by atoms with Gasteiger partial charge in [0.25, 0.3) is 11.8 Å². The molecule has 3 rings (SSSR count). The molecule has 124 valence electrons. The smallest absolute Gasteiger partial charge is 0.272 e. The number of rotatable bonds is 4. The van der Waals surface area contributed by atoms with E-state index in [2.05, 4.69) is 10.3 Å². The van der Waals surface area contributed by atoms with E-state index < -0.39 is 0 Å². The Balaban J connectivity index is 1.68. The van der Waals surface area contributed by atoms with E-state index in [9.17, 15) is 9.59 Å². The largest absolute Gasteiger partial charge is 0.347 e. The number of hydrogen-bond donors (Lipinski definition) is 1. The predicted molar refractivity (Wildman–Crippen MR) is 92.0 cm³/mol. The van der Waals surface area contributed by atoms with Crippen molar-refractivity contribution in [3.05, 3.63) is 64.4 Å². The Labute approximate surface area is 145 Å². The zero-order valence-electron chi connectivity index (χ0n) is 13.2. The number of nitrogens with zero attached hydrogens (tertiary/aromatic N) is 2. The fourth-order valence-electron chi connectivity index (χ4n) is 2.67. The highest BCUT2D eigenvalue weighted by Gasteiger charge is 2.21. The van der Waals surface area contributed by atoms with Crippen LogP contribution < -0.4 is 5.32 Å². The molecule has 6 heteroatoms. The van der Waals surface area contributed by atoms with Crippen LogP contribution in [0.1, 0.15) is 39.4 Å². The summed E-state index contributed by atoms with van der Waals surface area (Å²) in [6, 6.07) is 12.2. The van der Waals surface area contributed by atoms with Gasteiger partial charge in [0.05, 0.1) is 0 Å². The van der Waals surface area contributed by atoms with Crippen LogP contribution in [0.25, 0.3) is 0 Å². The molecule has 1 aromatic heterocycles. The van der Waals surface area contributed by atoms with Crippen LogP contribution in [-0.4, -0.2) is 34.8 Å². The average molecular weight is 344 g/mol. The van der Waals surface area contributed by atoms with Crippen molar-refractivity contribution in [3.63, 3.8) is 0 Å². The number of amides is 2. The summed E-state index contributed by atoms with van der Waals surface area (Å²) >= 11 is 6.08. The molecule has 1 aliphatic rings. The molecule has 0 saturated carbocycles. The lowest BCUT2D eigenvalue weighted by molar-refractivity contribution is 0.0787. The topological polar surface area (TPSA) is 62.3 Å². The highest BCUT2D eigenvalue weighted by molar-refractivity contribution is 6.31. The quantitative estimate of drug-likeness (QED) is 0.928. The van der Waals surface area contributed by atoms with E-state index in [1.165, 1.54) is 0 Å². The average Bonchev–Trinajstić information content (AvgIpc) is 3.15. The van der Waals surface area contributed by atoms with Gasteiger partial charge in [-0.2, -0.15) is 0 Å². The maximum absolute atomic E-state index is 12.4. The van der Waals surface area contributed by atoms with Gasteiger partial charge in [0.1, 0.15) is 11.4 Å². The Morgan fingerprint density at radius 3 is 2.50 bits per heavy atom. The second-order valence-corrected chi connectivity index (χ2v) is 6.09. The van der Waals surface area contributed by atoms with Crippen LogP contribution in [0, 0.1) is 0 Å². The summed E-state index contributed by atoms with van der Waals surface area (Å²) < 4.78 is 0. The van der Waals surface area contributed by atoms with Crippen LogP contribution in [-0.2, 0) is 6.54 Å². The lowest BCUT2D eigenvalue weighted by Crippen LogP contribution is -2.30. The first-order valence-electron chi connectivity index (χ1n) is 7.93. The third-order valence-corrected chi connectivity index (χ3v) is 4.36. The number of pyridine rings is 1. The van der Waals surface area contributed by atoms with E-state index in [-0.39, 0.29) is 17.5 Å². The molecular formula is C18H18ClN3O2. The monoisotopic (exact) mass is 343 g/mol. The summed E-state index contributed by atoms with van der Waals surface area (Å²) in [4.78, 5) is 30.6. The van der Waals surface area contributed by atoms with Crippen LogP contribution in [0.4, 0.5) is 0 Å². The summed E-state index contributed by atoms with van der Waals surface area (Å²) in [7, 11) is 0. The highest BCUT2D eigenvalue weighted by atomic mass is 35.5.